The molecule has 2 aliphatic carbocycles. The van der Waals surface area contributed by atoms with Crippen molar-refractivity contribution in [2.45, 2.75) is 62.9 Å². The van der Waals surface area contributed by atoms with Gasteiger partial charge in [-0.2, -0.15) is 4.68 Å². The van der Waals surface area contributed by atoms with Crippen molar-refractivity contribution in [3.8, 4) is 5.75 Å². The Morgan fingerprint density at radius 3 is 2.44 bits per heavy atom. The van der Waals surface area contributed by atoms with Crippen LogP contribution in [0, 0.1) is 0 Å². The summed E-state index contributed by atoms with van der Waals surface area (Å²) in [5.74, 6) is 1.23. The van der Waals surface area contributed by atoms with E-state index in [1.165, 1.54) is 7.11 Å². The van der Waals surface area contributed by atoms with Crippen LogP contribution in [0.4, 0.5) is 32.7 Å². The van der Waals surface area contributed by atoms with E-state index in [1.807, 2.05) is 11.0 Å². The third kappa shape index (κ3) is 5.68. The number of fused-ring (bicyclic) bond motifs is 3. The van der Waals surface area contributed by atoms with E-state index in [0.29, 0.717) is 51.5 Å². The number of methoxy groups -OCH3 is 1. The van der Waals surface area contributed by atoms with Gasteiger partial charge < -0.3 is 24.8 Å². The number of halogens is 1. The van der Waals surface area contributed by atoms with Gasteiger partial charge in [-0.1, -0.05) is 17.7 Å². The van der Waals surface area contributed by atoms with Crippen molar-refractivity contribution in [2.75, 3.05) is 46.8 Å². The van der Waals surface area contributed by atoms with Crippen LogP contribution in [0.15, 0.2) is 36.4 Å². The summed E-state index contributed by atoms with van der Waals surface area (Å²) in [7, 11) is -1.64. The van der Waals surface area contributed by atoms with Crippen LogP contribution in [0.5, 0.6) is 5.75 Å². The van der Waals surface area contributed by atoms with E-state index in [0.717, 1.165) is 22.4 Å². The second kappa shape index (κ2) is 11.8. The van der Waals surface area contributed by atoms with Crippen molar-refractivity contribution >= 4 is 73.6 Å². The number of carbonyl (C=O) groups excluding carboxylic acids is 2. The molecule has 4 aromatic rings. The summed E-state index contributed by atoms with van der Waals surface area (Å²) in [5.41, 5.74) is -0.00412. The van der Waals surface area contributed by atoms with Crippen LogP contribution in [0.3, 0.4) is 0 Å². The lowest BCUT2D eigenvalue weighted by Crippen LogP contribution is -2.41. The molecular weight excluding hydrogens is 714 g/mol. The molecule has 4 heterocycles. The molecule has 0 radical (unpaired) electrons. The molecule has 2 aliphatic heterocycles. The molecule has 2 aromatic heterocycles. The number of carboxylic acid groups (broad SMARTS) is 1. The summed E-state index contributed by atoms with van der Waals surface area (Å²) >= 11 is 6.93. The second-order valence-electron chi connectivity index (χ2n) is 14.7. The molecule has 0 unspecified atom stereocenters. The molecule has 17 heteroatoms. The van der Waals surface area contributed by atoms with E-state index in [4.69, 9.17) is 31.0 Å². The third-order valence-corrected chi connectivity index (χ3v) is 12.0. The Hall–Kier alpha value is -4.96. The van der Waals surface area contributed by atoms with Gasteiger partial charge in [0.05, 0.1) is 35.2 Å². The number of hydrogen-bond donors (Lipinski definition) is 2. The van der Waals surface area contributed by atoms with Crippen molar-refractivity contribution in [3.05, 3.63) is 58.4 Å². The number of nitrogens with zero attached hydrogens (tertiary/aromatic N) is 6. The number of ether oxygens (including phenoxy) is 2. The summed E-state index contributed by atoms with van der Waals surface area (Å²) in [5, 5.41) is 18.6. The highest BCUT2D eigenvalue weighted by Crippen LogP contribution is 2.67. The lowest BCUT2D eigenvalue weighted by molar-refractivity contribution is -0.119. The van der Waals surface area contributed by atoms with Crippen LogP contribution in [0.1, 0.15) is 68.8 Å². The quantitative estimate of drug-likeness (QED) is 0.249. The van der Waals surface area contributed by atoms with Crippen LogP contribution in [-0.4, -0.2) is 88.7 Å². The number of imide groups is 1. The van der Waals surface area contributed by atoms with Crippen LogP contribution >= 0.6 is 11.6 Å². The second-order valence-corrected chi connectivity index (χ2v) is 17.3. The van der Waals surface area contributed by atoms with Gasteiger partial charge in [0.15, 0.2) is 27.3 Å². The molecular formula is C35H36ClN7O8S. The van der Waals surface area contributed by atoms with E-state index in [1.54, 1.807) is 51.1 Å². The molecule has 4 aliphatic rings. The van der Waals surface area contributed by atoms with Crippen LogP contribution in [0.2, 0.25) is 5.02 Å². The minimum atomic E-state index is -3.15. The largest absolute Gasteiger partial charge is 0.497 e. The van der Waals surface area contributed by atoms with Gasteiger partial charge in [-0.3, -0.25) is 4.79 Å². The molecule has 8 rings (SSSR count). The number of amides is 2. The highest BCUT2D eigenvalue weighted by molar-refractivity contribution is 7.91. The van der Waals surface area contributed by atoms with E-state index in [9.17, 15) is 27.9 Å². The molecule has 2 amide bonds. The van der Waals surface area contributed by atoms with Crippen LogP contribution in [-0.2, 0) is 24.8 Å². The topological polar surface area (TPSA) is 186 Å². The summed E-state index contributed by atoms with van der Waals surface area (Å²) in [6, 6.07) is 10.3. The Morgan fingerprint density at radius 1 is 1.06 bits per heavy atom. The summed E-state index contributed by atoms with van der Waals surface area (Å²) in [4.78, 5) is 51.8. The minimum absolute atomic E-state index is 0.0105. The zero-order valence-electron chi connectivity index (χ0n) is 28.8. The van der Waals surface area contributed by atoms with Gasteiger partial charge in [0.25, 0.3) is 0 Å². The highest BCUT2D eigenvalue weighted by atomic mass is 35.5. The first-order valence-corrected chi connectivity index (χ1v) is 19.1. The number of hydrogen-bond acceptors (Lipinski definition) is 12. The molecule has 2 saturated carbocycles. The molecule has 1 saturated heterocycles. The average molecular weight is 750 g/mol. The van der Waals surface area contributed by atoms with Crippen LogP contribution in [0.25, 0.3) is 10.9 Å². The first kappa shape index (κ1) is 34.1. The maximum Gasteiger partial charge on any atom is 0.435 e. The van der Waals surface area contributed by atoms with Crippen molar-refractivity contribution in [1.29, 1.82) is 0 Å². The van der Waals surface area contributed by atoms with Gasteiger partial charge in [-0.15, -0.1) is 5.10 Å². The van der Waals surface area contributed by atoms with Gasteiger partial charge in [-0.05, 0) is 81.5 Å². The van der Waals surface area contributed by atoms with Gasteiger partial charge in [-0.25, -0.2) is 32.9 Å². The summed E-state index contributed by atoms with van der Waals surface area (Å²) in [6.45, 7) is 5.72. The zero-order valence-corrected chi connectivity index (χ0v) is 30.4. The van der Waals surface area contributed by atoms with Crippen molar-refractivity contribution < 1.29 is 37.4 Å². The first-order valence-electron chi connectivity index (χ1n) is 16.9. The highest BCUT2D eigenvalue weighted by Gasteiger charge is 2.68. The van der Waals surface area contributed by atoms with E-state index in [2.05, 4.69) is 10.4 Å². The van der Waals surface area contributed by atoms with E-state index < -0.39 is 44.9 Å². The standard InChI is InChI=1S/C35H36ClN7O8S/c1-34(2,3)51-33(47)43-25-15-19(23-17-35(23)22-16-20(50-4)8-10-24(22)42(31(35)44)32(45)46)7-9-21(25)28(40-43)38-29-26(36)30(39-27(37-29)18-5-6-18)41-11-13-52(48,49)14-12-41/h7-10,15-16,18,23H,5-6,11-14,17H2,1-4H3,(H,45,46)(H,37,38,39,40)/t23-,35-/m0/s1. The Balaban J connectivity index is 1.20. The van der Waals surface area contributed by atoms with E-state index >= 15 is 0 Å². The minimum Gasteiger partial charge on any atom is -0.497 e. The number of aromatic nitrogens is 4. The monoisotopic (exact) mass is 749 g/mol. The molecule has 52 heavy (non-hydrogen) atoms. The zero-order chi connectivity index (χ0) is 36.9. The average Bonchev–Trinajstić information content (AvgIpc) is 4.01. The molecule has 1 spiro atoms. The fraction of sp³-hybridized carbons (Fsp3) is 0.429. The molecule has 2 aromatic carbocycles. The van der Waals surface area contributed by atoms with Gasteiger partial charge in [0, 0.05) is 30.3 Å². The lowest BCUT2D eigenvalue weighted by atomic mass is 9.91. The van der Waals surface area contributed by atoms with Crippen molar-refractivity contribution in [2.24, 2.45) is 0 Å². The predicted octanol–water partition coefficient (Wildman–Crippen LogP) is 5.58. The molecule has 272 valence electrons. The van der Waals surface area contributed by atoms with Crippen molar-refractivity contribution in [1.82, 2.24) is 19.7 Å². The van der Waals surface area contributed by atoms with Crippen LogP contribution < -0.4 is 19.9 Å². The van der Waals surface area contributed by atoms with Gasteiger partial charge in [0.1, 0.15) is 22.2 Å². The molecule has 15 nitrogen and oxygen atoms in total. The Morgan fingerprint density at radius 2 is 1.79 bits per heavy atom. The number of nitrogens with one attached hydrogen (secondary N) is 1. The number of benzene rings is 2. The van der Waals surface area contributed by atoms with E-state index in [-0.39, 0.29) is 47.2 Å². The number of sulfone groups is 1. The van der Waals surface area contributed by atoms with Crippen molar-refractivity contribution in [3.63, 3.8) is 0 Å². The lowest BCUT2D eigenvalue weighted by Gasteiger charge is -2.29. The summed E-state index contributed by atoms with van der Waals surface area (Å²) in [6.07, 6.45) is 0.0875. The normalized spacial score (nSPS) is 22.1. The maximum atomic E-state index is 13.8. The number of anilines is 4. The smallest absolute Gasteiger partial charge is 0.435 e. The Kier molecular flexibility index (Phi) is 7.74. The molecule has 2 N–H and O–H groups in total. The van der Waals surface area contributed by atoms with Gasteiger partial charge in [0.2, 0.25) is 5.91 Å². The first-order chi connectivity index (χ1) is 24.6. The molecule has 2 atom stereocenters. The SMILES string of the molecule is COc1ccc2c(c1)[C@]1(C[C@H]1c1ccc3c(Nc4nc(C5CC5)nc(N5CCS(=O)(=O)CC5)c4Cl)nn(C(=O)OC(C)(C)C)c3c1)C(=O)N2C(=O)O. The molecule has 0 bridgehead atoms. The Bertz CT molecular complexity index is 2310. The fourth-order valence-electron chi connectivity index (χ4n) is 7.20. The van der Waals surface area contributed by atoms with Gasteiger partial charge >= 0.3 is 12.2 Å². The molecule has 3 fully saturated rings. The number of carbonyl (C=O) groups is 3. The number of rotatable bonds is 6. The summed E-state index contributed by atoms with van der Waals surface area (Å²) < 4.78 is 36.6. The Labute approximate surface area is 303 Å². The fourth-order valence-corrected chi connectivity index (χ4v) is 8.65. The third-order valence-electron chi connectivity index (χ3n) is 10.0. The maximum absolute atomic E-state index is 13.8. The predicted molar refractivity (Wildman–Crippen MR) is 192 cm³/mol.